The second kappa shape index (κ2) is 3.76. The van der Waals surface area contributed by atoms with Crippen molar-refractivity contribution in [2.24, 2.45) is 0 Å². The van der Waals surface area contributed by atoms with Crippen LogP contribution in [-0.2, 0) is 4.74 Å². The molecule has 2 atom stereocenters. The average molecular weight is 240 g/mol. The van der Waals surface area contributed by atoms with Gasteiger partial charge in [0.05, 0.1) is 6.10 Å². The first-order valence-electron chi connectivity index (χ1n) is 3.51. The molecule has 1 rings (SSSR count). The van der Waals surface area contributed by atoms with Crippen LogP contribution in [0.5, 0.6) is 0 Å². The van der Waals surface area contributed by atoms with Crippen molar-refractivity contribution in [3.63, 3.8) is 0 Å². The van der Waals surface area contributed by atoms with E-state index in [9.17, 15) is 0 Å². The smallest absolute Gasteiger partial charge is 0.0688 e. The summed E-state index contributed by atoms with van der Waals surface area (Å²) in [5.74, 6) is 0. The fraction of sp³-hybridized carbons (Fsp3) is 1.00. The lowest BCUT2D eigenvalue weighted by molar-refractivity contribution is 0.0804. The Morgan fingerprint density at radius 2 is 2.00 bits per heavy atom. The van der Waals surface area contributed by atoms with Crippen LogP contribution in [0.2, 0.25) is 0 Å². The van der Waals surface area contributed by atoms with Gasteiger partial charge in [-0.15, -0.1) is 0 Å². The van der Waals surface area contributed by atoms with Crippen molar-refractivity contribution < 1.29 is 4.74 Å². The van der Waals surface area contributed by atoms with Crippen LogP contribution in [0.4, 0.5) is 0 Å². The zero-order chi connectivity index (χ0) is 6.69. The van der Waals surface area contributed by atoms with Gasteiger partial charge in [-0.25, -0.2) is 0 Å². The maximum atomic E-state index is 5.30. The summed E-state index contributed by atoms with van der Waals surface area (Å²) < 4.78 is 6.06. The van der Waals surface area contributed by atoms with Crippen molar-refractivity contribution in [2.45, 2.75) is 35.7 Å². The van der Waals surface area contributed by atoms with Crippen molar-refractivity contribution in [2.75, 3.05) is 7.11 Å². The summed E-state index contributed by atoms with van der Waals surface area (Å²) in [6, 6.07) is 0. The molecular formula is C7H13IO. The first kappa shape index (κ1) is 7.79. The SMILES string of the molecule is CO[C@H]1CCCC[C@@H]1I. The fourth-order valence-electron chi connectivity index (χ4n) is 1.32. The maximum absolute atomic E-state index is 5.30. The Morgan fingerprint density at radius 3 is 2.44 bits per heavy atom. The molecule has 54 valence electrons. The number of alkyl halides is 1. The standard InChI is InChI=1S/C7H13IO/c1-9-7-5-3-2-4-6(7)8/h6-7H,2-5H2,1H3/t6-,7-/m0/s1. The van der Waals surface area contributed by atoms with E-state index in [0.29, 0.717) is 6.10 Å². The van der Waals surface area contributed by atoms with E-state index in [1.165, 1.54) is 25.7 Å². The second-order valence-corrected chi connectivity index (χ2v) is 4.17. The van der Waals surface area contributed by atoms with Gasteiger partial charge in [-0.2, -0.15) is 0 Å². The van der Waals surface area contributed by atoms with E-state index < -0.39 is 0 Å². The Bertz CT molecular complexity index is 85.0. The van der Waals surface area contributed by atoms with Crippen LogP contribution in [0.25, 0.3) is 0 Å². The second-order valence-electron chi connectivity index (χ2n) is 2.57. The normalized spacial score (nSPS) is 36.7. The van der Waals surface area contributed by atoms with Gasteiger partial charge in [0.15, 0.2) is 0 Å². The van der Waals surface area contributed by atoms with Gasteiger partial charge < -0.3 is 4.74 Å². The molecular weight excluding hydrogens is 227 g/mol. The van der Waals surface area contributed by atoms with E-state index in [1.807, 2.05) is 7.11 Å². The molecule has 0 aliphatic heterocycles. The van der Waals surface area contributed by atoms with Gasteiger partial charge in [-0.05, 0) is 12.8 Å². The van der Waals surface area contributed by atoms with Crippen molar-refractivity contribution >= 4 is 22.6 Å². The lowest BCUT2D eigenvalue weighted by Crippen LogP contribution is -2.26. The van der Waals surface area contributed by atoms with E-state index >= 15 is 0 Å². The molecule has 0 N–H and O–H groups in total. The van der Waals surface area contributed by atoms with Crippen molar-refractivity contribution in [1.29, 1.82) is 0 Å². The number of ether oxygens (including phenoxy) is 1. The van der Waals surface area contributed by atoms with Gasteiger partial charge in [-0.3, -0.25) is 0 Å². The highest BCUT2D eigenvalue weighted by Crippen LogP contribution is 2.26. The molecule has 0 aromatic rings. The van der Waals surface area contributed by atoms with Gasteiger partial charge >= 0.3 is 0 Å². The molecule has 0 heterocycles. The van der Waals surface area contributed by atoms with Crippen LogP contribution in [0.3, 0.4) is 0 Å². The highest BCUT2D eigenvalue weighted by molar-refractivity contribution is 14.1. The highest BCUT2D eigenvalue weighted by Gasteiger charge is 2.21. The third-order valence-corrected chi connectivity index (χ3v) is 3.35. The Kier molecular flexibility index (Phi) is 3.26. The predicted molar refractivity (Wildman–Crippen MR) is 47.1 cm³/mol. The third kappa shape index (κ3) is 2.08. The van der Waals surface area contributed by atoms with Gasteiger partial charge in [0.25, 0.3) is 0 Å². The number of rotatable bonds is 1. The lowest BCUT2D eigenvalue weighted by Gasteiger charge is -2.25. The summed E-state index contributed by atoms with van der Waals surface area (Å²) in [7, 11) is 1.82. The molecule has 1 fully saturated rings. The third-order valence-electron chi connectivity index (χ3n) is 1.92. The molecule has 9 heavy (non-hydrogen) atoms. The summed E-state index contributed by atoms with van der Waals surface area (Å²) in [5, 5.41) is 0. The average Bonchev–Trinajstić information content (AvgIpc) is 1.89. The van der Waals surface area contributed by atoms with Crippen LogP contribution >= 0.6 is 22.6 Å². The quantitative estimate of drug-likeness (QED) is 0.505. The highest BCUT2D eigenvalue weighted by atomic mass is 127. The number of hydrogen-bond donors (Lipinski definition) is 0. The van der Waals surface area contributed by atoms with Gasteiger partial charge in [0.2, 0.25) is 0 Å². The van der Waals surface area contributed by atoms with Crippen LogP contribution in [0.15, 0.2) is 0 Å². The minimum atomic E-state index is 0.541. The van der Waals surface area contributed by atoms with Crippen LogP contribution in [0.1, 0.15) is 25.7 Å². The largest absolute Gasteiger partial charge is 0.380 e. The van der Waals surface area contributed by atoms with Crippen molar-refractivity contribution in [1.82, 2.24) is 0 Å². The molecule has 0 aromatic carbocycles. The minimum Gasteiger partial charge on any atom is -0.380 e. The lowest BCUT2D eigenvalue weighted by atomic mass is 9.98. The van der Waals surface area contributed by atoms with Gasteiger partial charge in [0.1, 0.15) is 0 Å². The number of methoxy groups -OCH3 is 1. The van der Waals surface area contributed by atoms with E-state index in [4.69, 9.17) is 4.74 Å². The Hall–Kier alpha value is 0.690. The molecule has 0 unspecified atom stereocenters. The minimum absolute atomic E-state index is 0.541. The first-order chi connectivity index (χ1) is 4.34. The monoisotopic (exact) mass is 240 g/mol. The van der Waals surface area contributed by atoms with E-state index in [0.717, 1.165) is 3.92 Å². The molecule has 2 heteroatoms. The summed E-state index contributed by atoms with van der Waals surface area (Å²) in [4.78, 5) is 0. The van der Waals surface area contributed by atoms with Crippen LogP contribution in [0, 0.1) is 0 Å². The first-order valence-corrected chi connectivity index (χ1v) is 4.76. The molecule has 0 bridgehead atoms. The summed E-state index contributed by atoms with van der Waals surface area (Å²) >= 11 is 2.49. The van der Waals surface area contributed by atoms with Crippen LogP contribution < -0.4 is 0 Å². The molecule has 1 aliphatic carbocycles. The van der Waals surface area contributed by atoms with E-state index in [1.54, 1.807) is 0 Å². The van der Waals surface area contributed by atoms with E-state index in [2.05, 4.69) is 22.6 Å². The fourth-order valence-corrected chi connectivity index (χ4v) is 2.41. The maximum Gasteiger partial charge on any atom is 0.0688 e. The zero-order valence-corrected chi connectivity index (χ0v) is 7.93. The topological polar surface area (TPSA) is 9.23 Å². The molecule has 0 aromatic heterocycles. The Morgan fingerprint density at radius 1 is 1.33 bits per heavy atom. The number of halogens is 1. The Balaban J connectivity index is 2.30. The zero-order valence-electron chi connectivity index (χ0n) is 5.77. The molecule has 0 saturated heterocycles. The summed E-state index contributed by atoms with van der Waals surface area (Å²) in [6.07, 6.45) is 5.91. The van der Waals surface area contributed by atoms with Crippen LogP contribution in [-0.4, -0.2) is 17.1 Å². The summed E-state index contributed by atoms with van der Waals surface area (Å²) in [5.41, 5.74) is 0. The van der Waals surface area contributed by atoms with Gasteiger partial charge in [0, 0.05) is 11.0 Å². The predicted octanol–water partition coefficient (Wildman–Crippen LogP) is 2.38. The van der Waals surface area contributed by atoms with E-state index in [-0.39, 0.29) is 0 Å². The van der Waals surface area contributed by atoms with Crippen molar-refractivity contribution in [3.8, 4) is 0 Å². The summed E-state index contributed by atoms with van der Waals surface area (Å²) in [6.45, 7) is 0. The van der Waals surface area contributed by atoms with Crippen molar-refractivity contribution in [3.05, 3.63) is 0 Å². The Labute approximate surface area is 70.3 Å². The van der Waals surface area contributed by atoms with Gasteiger partial charge in [-0.1, -0.05) is 35.4 Å². The molecule has 0 amide bonds. The molecule has 1 saturated carbocycles. The molecule has 1 aliphatic rings. The molecule has 1 nitrogen and oxygen atoms in total. The number of hydrogen-bond acceptors (Lipinski definition) is 1. The molecule has 0 spiro atoms. The molecule has 0 radical (unpaired) electrons.